The van der Waals surface area contributed by atoms with E-state index in [1.165, 1.54) is 24.1 Å². The highest BCUT2D eigenvalue weighted by molar-refractivity contribution is 5.30. The van der Waals surface area contributed by atoms with Crippen LogP contribution in [0, 0.1) is 12.3 Å². The molecule has 1 heterocycles. The molecule has 1 aliphatic heterocycles. The van der Waals surface area contributed by atoms with Crippen LogP contribution in [-0.2, 0) is 19.7 Å². The first-order chi connectivity index (χ1) is 14.8. The molecule has 0 spiro atoms. The fourth-order valence-electron chi connectivity index (χ4n) is 3.46. The Balaban J connectivity index is 0.000000396. The summed E-state index contributed by atoms with van der Waals surface area (Å²) in [5.41, 5.74) is 2.49. The van der Waals surface area contributed by atoms with E-state index in [1.807, 2.05) is 0 Å². The molecule has 1 fully saturated rings. The smallest absolute Gasteiger partial charge is 0.146 e. The molecular weight excluding hydrogens is 382 g/mol. The van der Waals surface area contributed by atoms with E-state index in [4.69, 9.17) is 9.99 Å². The zero-order chi connectivity index (χ0) is 21.4. The lowest BCUT2D eigenvalue weighted by Crippen LogP contribution is -2.37. The number of hydrogen-bond donors (Lipinski definition) is 1. The summed E-state index contributed by atoms with van der Waals surface area (Å²) >= 11 is 0. The molecule has 6 heteroatoms. The molecule has 30 heavy (non-hydrogen) atoms. The second kappa shape index (κ2) is 14.7. The Bertz CT molecular complexity index is 672. The van der Waals surface area contributed by atoms with E-state index in [0.717, 1.165) is 25.9 Å². The lowest BCUT2D eigenvalue weighted by Gasteiger charge is -2.34. The van der Waals surface area contributed by atoms with Crippen molar-refractivity contribution in [3.63, 3.8) is 0 Å². The number of nitrogens with zero attached hydrogens (tertiary/aromatic N) is 1. The van der Waals surface area contributed by atoms with Crippen LogP contribution in [0.4, 0.5) is 0 Å². The summed E-state index contributed by atoms with van der Waals surface area (Å²) in [6.45, 7) is 5.74. The van der Waals surface area contributed by atoms with Crippen LogP contribution in [0.2, 0.25) is 0 Å². The van der Waals surface area contributed by atoms with Gasteiger partial charge in [0.2, 0.25) is 0 Å². The van der Waals surface area contributed by atoms with E-state index in [2.05, 4.69) is 99.8 Å². The van der Waals surface area contributed by atoms with Crippen LogP contribution >= 0.6 is 0 Å². The summed E-state index contributed by atoms with van der Waals surface area (Å²) in [5.74, 6) is 2.06. The van der Waals surface area contributed by atoms with Gasteiger partial charge in [0.15, 0.2) is 0 Å². The van der Waals surface area contributed by atoms with Gasteiger partial charge >= 0.3 is 0 Å². The lowest BCUT2D eigenvalue weighted by atomic mass is 10.00. The zero-order valence-corrected chi connectivity index (χ0v) is 17.5. The summed E-state index contributed by atoms with van der Waals surface area (Å²) < 4.78 is 6.56. The van der Waals surface area contributed by atoms with E-state index in [-0.39, 0.29) is 12.7 Å². The van der Waals surface area contributed by atoms with E-state index < -0.39 is 0 Å². The van der Waals surface area contributed by atoms with Crippen molar-refractivity contribution in [2.75, 3.05) is 26.2 Å². The lowest BCUT2D eigenvalue weighted by molar-refractivity contribution is -0.620. The first-order valence-electron chi connectivity index (χ1n) is 10.3. The Morgan fingerprint density at radius 2 is 1.60 bits per heavy atom. The average molecular weight is 414 g/mol. The Hall–Kier alpha value is -2.24. The van der Waals surface area contributed by atoms with Gasteiger partial charge in [0.05, 0.1) is 6.10 Å². The third kappa shape index (κ3) is 8.64. The van der Waals surface area contributed by atoms with Crippen molar-refractivity contribution in [2.45, 2.75) is 38.4 Å². The quantitative estimate of drug-likeness (QED) is 0.280. The molecule has 1 aliphatic rings. The van der Waals surface area contributed by atoms with Crippen LogP contribution in [0.3, 0.4) is 0 Å². The molecule has 162 valence electrons. The van der Waals surface area contributed by atoms with E-state index in [1.54, 1.807) is 0 Å². The molecule has 0 aliphatic carbocycles. The van der Waals surface area contributed by atoms with Gasteiger partial charge in [-0.25, -0.2) is 5.26 Å². The minimum Gasteiger partial charge on any atom is -0.365 e. The maximum Gasteiger partial charge on any atom is 0.146 e. The highest BCUT2D eigenvalue weighted by Crippen LogP contribution is 2.29. The van der Waals surface area contributed by atoms with Crippen LogP contribution in [0.1, 0.15) is 43.4 Å². The molecule has 0 radical (unpaired) electrons. The van der Waals surface area contributed by atoms with E-state index in [0.29, 0.717) is 6.10 Å². The van der Waals surface area contributed by atoms with Crippen LogP contribution in [0.15, 0.2) is 60.7 Å². The third-order valence-corrected chi connectivity index (χ3v) is 4.83. The van der Waals surface area contributed by atoms with E-state index >= 15 is 0 Å². The van der Waals surface area contributed by atoms with E-state index in [9.17, 15) is 0 Å². The molecule has 6 nitrogen and oxygen atoms in total. The predicted octanol–water partition coefficient (Wildman–Crippen LogP) is 4.64. The van der Waals surface area contributed by atoms with Gasteiger partial charge in [0.25, 0.3) is 0 Å². The first kappa shape index (κ1) is 24.0. The topological polar surface area (TPSA) is 60.4 Å². The van der Waals surface area contributed by atoms with Crippen LogP contribution in [0.25, 0.3) is 0 Å². The number of benzene rings is 2. The number of terminal acetylenes is 1. The van der Waals surface area contributed by atoms with Crippen molar-refractivity contribution >= 4 is 0 Å². The summed E-state index contributed by atoms with van der Waals surface area (Å²) in [7, 11) is 0. The molecular formula is C24H31NO5. The summed E-state index contributed by atoms with van der Waals surface area (Å²) in [6, 6.07) is 21.2. The van der Waals surface area contributed by atoms with Crippen molar-refractivity contribution < 1.29 is 25.0 Å². The van der Waals surface area contributed by atoms with Gasteiger partial charge in [0, 0.05) is 13.1 Å². The van der Waals surface area contributed by atoms with Crippen molar-refractivity contribution in [1.82, 2.24) is 4.90 Å². The Kier molecular flexibility index (Phi) is 11.8. The predicted molar refractivity (Wildman–Crippen MR) is 115 cm³/mol. The van der Waals surface area contributed by atoms with Crippen molar-refractivity contribution in [2.24, 2.45) is 0 Å². The standard InChI is InChI=1S/C21H27NO.C3H4O4/c1-2-15-22-16-13-20(14-17-22)23-21(18-9-5-3-6-10-18)19-11-7-4-8-12-19;1-2-3-5-7-6-4/h3-12,20-21H,2,13-17H2,1H3;1,4H,3H2. The maximum absolute atomic E-state index is 7.38. The summed E-state index contributed by atoms with van der Waals surface area (Å²) in [4.78, 5) is 6.48. The third-order valence-electron chi connectivity index (χ3n) is 4.83. The monoisotopic (exact) mass is 413 g/mol. The van der Waals surface area contributed by atoms with Gasteiger partial charge in [-0.2, -0.15) is 4.89 Å². The summed E-state index contributed by atoms with van der Waals surface area (Å²) in [5, 5.41) is 13.9. The van der Waals surface area contributed by atoms with Gasteiger partial charge < -0.3 is 9.64 Å². The van der Waals surface area contributed by atoms with Crippen LogP contribution in [0.5, 0.6) is 0 Å². The molecule has 3 rings (SSSR count). The second-order valence-electron chi connectivity index (χ2n) is 6.99. The molecule has 0 atom stereocenters. The molecule has 2 aromatic rings. The molecule has 0 amide bonds. The maximum atomic E-state index is 7.38. The molecule has 0 saturated carbocycles. The molecule has 0 aromatic heterocycles. The van der Waals surface area contributed by atoms with Gasteiger partial charge in [-0.3, -0.25) is 0 Å². The molecule has 0 unspecified atom stereocenters. The zero-order valence-electron chi connectivity index (χ0n) is 17.5. The fourth-order valence-corrected chi connectivity index (χ4v) is 3.46. The Morgan fingerprint density at radius 3 is 2.07 bits per heavy atom. The van der Waals surface area contributed by atoms with Crippen molar-refractivity contribution in [1.29, 1.82) is 0 Å². The normalized spacial score (nSPS) is 14.7. The van der Waals surface area contributed by atoms with Gasteiger partial charge in [-0.1, -0.05) is 73.5 Å². The number of rotatable bonds is 9. The average Bonchev–Trinajstić information content (AvgIpc) is 2.81. The minimum atomic E-state index is -0.0550. The largest absolute Gasteiger partial charge is 0.365 e. The highest BCUT2D eigenvalue weighted by atomic mass is 17.6. The SMILES string of the molecule is C#CCOOOO.CCCN1CCC(OC(c2ccccc2)c2ccccc2)CC1. The van der Waals surface area contributed by atoms with Crippen molar-refractivity contribution in [3.05, 3.63) is 71.8 Å². The molecule has 2 aromatic carbocycles. The number of ether oxygens (including phenoxy) is 1. The number of hydrogen-bond acceptors (Lipinski definition) is 6. The first-order valence-corrected chi connectivity index (χ1v) is 10.3. The fraction of sp³-hybridized carbons (Fsp3) is 0.417. The number of piperidine rings is 1. The summed E-state index contributed by atoms with van der Waals surface area (Å²) in [6.07, 6.45) is 8.58. The number of likely N-dealkylation sites (tertiary alicyclic amines) is 1. The van der Waals surface area contributed by atoms with Crippen molar-refractivity contribution in [3.8, 4) is 12.3 Å². The van der Waals surface area contributed by atoms with Crippen LogP contribution in [-0.4, -0.2) is 42.5 Å². The van der Waals surface area contributed by atoms with Gasteiger partial charge in [-0.15, -0.1) is 6.42 Å². The molecule has 0 bridgehead atoms. The highest BCUT2D eigenvalue weighted by Gasteiger charge is 2.24. The molecule has 1 saturated heterocycles. The Morgan fingerprint density at radius 1 is 1.03 bits per heavy atom. The Labute approximate surface area is 179 Å². The van der Waals surface area contributed by atoms with Gasteiger partial charge in [-0.05, 0) is 47.0 Å². The van der Waals surface area contributed by atoms with Gasteiger partial charge in [0.1, 0.15) is 12.7 Å². The van der Waals surface area contributed by atoms with Crippen LogP contribution < -0.4 is 0 Å². The minimum absolute atomic E-state index is 0.0418. The molecule has 1 N–H and O–H groups in total. The second-order valence-corrected chi connectivity index (χ2v) is 6.99.